The second-order valence-corrected chi connectivity index (χ2v) is 7.30. The SMILES string of the molecule is O=C(O)C1CCN(CC(=O)N2CCN(c3cccc(C(F)(F)F)c3)CC2)CC1. The van der Waals surface area contributed by atoms with E-state index >= 15 is 0 Å². The highest BCUT2D eigenvalue weighted by Gasteiger charge is 2.31. The summed E-state index contributed by atoms with van der Waals surface area (Å²) in [6.45, 7) is 3.32. The lowest BCUT2D eigenvalue weighted by Crippen LogP contribution is -2.52. The molecule has 2 fully saturated rings. The Hall–Kier alpha value is -2.29. The predicted octanol–water partition coefficient (Wildman–Crippen LogP) is 2.15. The molecule has 28 heavy (non-hydrogen) atoms. The van der Waals surface area contributed by atoms with E-state index in [1.807, 2.05) is 9.80 Å². The van der Waals surface area contributed by atoms with Crippen LogP contribution in [0.1, 0.15) is 18.4 Å². The molecule has 2 heterocycles. The lowest BCUT2D eigenvalue weighted by molar-refractivity contribution is -0.143. The molecule has 2 saturated heterocycles. The lowest BCUT2D eigenvalue weighted by atomic mass is 9.97. The van der Waals surface area contributed by atoms with Gasteiger partial charge in [0.2, 0.25) is 5.91 Å². The first-order chi connectivity index (χ1) is 13.2. The Morgan fingerprint density at radius 3 is 2.25 bits per heavy atom. The van der Waals surface area contributed by atoms with Crippen LogP contribution in [0.4, 0.5) is 18.9 Å². The number of hydrogen-bond acceptors (Lipinski definition) is 4. The van der Waals surface area contributed by atoms with Crippen LogP contribution in [-0.2, 0) is 15.8 Å². The van der Waals surface area contributed by atoms with Gasteiger partial charge in [0.1, 0.15) is 0 Å². The number of nitrogens with zero attached hydrogens (tertiary/aromatic N) is 3. The molecule has 0 unspecified atom stereocenters. The number of benzene rings is 1. The Bertz CT molecular complexity index is 710. The maximum absolute atomic E-state index is 12.9. The third-order valence-electron chi connectivity index (χ3n) is 5.47. The molecule has 2 aliphatic heterocycles. The molecular formula is C19H24F3N3O3. The lowest BCUT2D eigenvalue weighted by Gasteiger charge is -2.38. The second kappa shape index (κ2) is 8.38. The van der Waals surface area contributed by atoms with Crippen molar-refractivity contribution in [3.05, 3.63) is 29.8 Å². The number of anilines is 1. The van der Waals surface area contributed by atoms with Crippen LogP contribution < -0.4 is 4.90 Å². The van der Waals surface area contributed by atoms with E-state index in [9.17, 15) is 22.8 Å². The number of halogens is 3. The molecule has 9 heteroatoms. The Morgan fingerprint density at radius 2 is 1.68 bits per heavy atom. The number of alkyl halides is 3. The van der Waals surface area contributed by atoms with Crippen LogP contribution in [-0.4, -0.2) is 72.6 Å². The highest BCUT2D eigenvalue weighted by molar-refractivity contribution is 5.78. The molecular weight excluding hydrogens is 375 g/mol. The molecule has 1 aromatic carbocycles. The zero-order valence-corrected chi connectivity index (χ0v) is 15.5. The number of carbonyl (C=O) groups excluding carboxylic acids is 1. The third-order valence-corrected chi connectivity index (χ3v) is 5.47. The Morgan fingerprint density at radius 1 is 1.04 bits per heavy atom. The van der Waals surface area contributed by atoms with Gasteiger partial charge in [-0.05, 0) is 44.1 Å². The molecule has 154 valence electrons. The molecule has 1 amide bonds. The number of piperazine rings is 1. The number of rotatable bonds is 4. The zero-order valence-electron chi connectivity index (χ0n) is 15.5. The summed E-state index contributed by atoms with van der Waals surface area (Å²) in [6, 6.07) is 5.25. The predicted molar refractivity (Wildman–Crippen MR) is 97.0 cm³/mol. The van der Waals surface area contributed by atoms with Crippen LogP contribution in [0.2, 0.25) is 0 Å². The molecule has 3 rings (SSSR count). The van der Waals surface area contributed by atoms with Crippen LogP contribution >= 0.6 is 0 Å². The van der Waals surface area contributed by atoms with E-state index in [0.717, 1.165) is 12.1 Å². The van der Waals surface area contributed by atoms with Crippen molar-refractivity contribution in [2.45, 2.75) is 19.0 Å². The summed E-state index contributed by atoms with van der Waals surface area (Å²) in [6.07, 6.45) is -3.28. The summed E-state index contributed by atoms with van der Waals surface area (Å²) in [4.78, 5) is 29.1. The fraction of sp³-hybridized carbons (Fsp3) is 0.579. The van der Waals surface area contributed by atoms with Gasteiger partial charge in [-0.2, -0.15) is 13.2 Å². The first-order valence-electron chi connectivity index (χ1n) is 9.39. The quantitative estimate of drug-likeness (QED) is 0.841. The Kier molecular flexibility index (Phi) is 6.12. The van der Waals surface area contributed by atoms with E-state index in [1.165, 1.54) is 6.07 Å². The van der Waals surface area contributed by atoms with Gasteiger partial charge in [-0.1, -0.05) is 6.07 Å². The molecule has 2 aliphatic rings. The molecule has 0 aliphatic carbocycles. The molecule has 0 spiro atoms. The Balaban J connectivity index is 1.49. The molecule has 0 radical (unpaired) electrons. The van der Waals surface area contributed by atoms with Gasteiger partial charge in [-0.15, -0.1) is 0 Å². The number of piperidine rings is 1. The highest BCUT2D eigenvalue weighted by Crippen LogP contribution is 2.31. The Labute approximate surface area is 161 Å². The molecule has 6 nitrogen and oxygen atoms in total. The zero-order chi connectivity index (χ0) is 20.3. The largest absolute Gasteiger partial charge is 0.481 e. The van der Waals surface area contributed by atoms with E-state index in [-0.39, 0.29) is 18.4 Å². The maximum atomic E-state index is 12.9. The van der Waals surface area contributed by atoms with E-state index in [2.05, 4.69) is 0 Å². The number of hydrogen-bond donors (Lipinski definition) is 1. The maximum Gasteiger partial charge on any atom is 0.416 e. The van der Waals surface area contributed by atoms with E-state index < -0.39 is 17.7 Å². The smallest absolute Gasteiger partial charge is 0.416 e. The molecule has 1 aromatic rings. The summed E-state index contributed by atoms with van der Waals surface area (Å²) < 4.78 is 38.7. The minimum atomic E-state index is -4.37. The van der Waals surface area contributed by atoms with Gasteiger partial charge in [0.15, 0.2) is 0 Å². The molecule has 1 N–H and O–H groups in total. The van der Waals surface area contributed by atoms with Crippen molar-refractivity contribution in [1.82, 2.24) is 9.80 Å². The second-order valence-electron chi connectivity index (χ2n) is 7.30. The van der Waals surface area contributed by atoms with Crippen LogP contribution in [0.5, 0.6) is 0 Å². The van der Waals surface area contributed by atoms with Gasteiger partial charge in [0.05, 0.1) is 18.0 Å². The van der Waals surface area contributed by atoms with Gasteiger partial charge in [0.25, 0.3) is 0 Å². The monoisotopic (exact) mass is 399 g/mol. The summed E-state index contributed by atoms with van der Waals surface area (Å²) in [5, 5.41) is 9.03. The van der Waals surface area contributed by atoms with Gasteiger partial charge < -0.3 is 14.9 Å². The van der Waals surface area contributed by atoms with Gasteiger partial charge in [-0.25, -0.2) is 0 Å². The average Bonchev–Trinajstić information content (AvgIpc) is 2.68. The van der Waals surface area contributed by atoms with E-state index in [1.54, 1.807) is 11.0 Å². The number of carboxylic acids is 1. The van der Waals surface area contributed by atoms with Crippen molar-refractivity contribution in [3.8, 4) is 0 Å². The summed E-state index contributed by atoms with van der Waals surface area (Å²) in [5.74, 6) is -1.13. The number of carbonyl (C=O) groups is 2. The van der Waals surface area contributed by atoms with Crippen molar-refractivity contribution in [2.75, 3.05) is 50.7 Å². The molecule has 0 saturated carbocycles. The van der Waals surface area contributed by atoms with Crippen molar-refractivity contribution >= 4 is 17.6 Å². The van der Waals surface area contributed by atoms with Crippen LogP contribution in [0.15, 0.2) is 24.3 Å². The first-order valence-corrected chi connectivity index (χ1v) is 9.39. The minimum absolute atomic E-state index is 0.0162. The minimum Gasteiger partial charge on any atom is -0.481 e. The van der Waals surface area contributed by atoms with Gasteiger partial charge in [0, 0.05) is 31.9 Å². The number of likely N-dealkylation sites (tertiary alicyclic amines) is 1. The number of carboxylic acid groups (broad SMARTS) is 1. The summed E-state index contributed by atoms with van der Waals surface area (Å²) in [5.41, 5.74) is -0.161. The molecule has 0 aromatic heterocycles. The van der Waals surface area contributed by atoms with E-state index in [0.29, 0.717) is 57.8 Å². The summed E-state index contributed by atoms with van der Waals surface area (Å²) in [7, 11) is 0. The van der Waals surface area contributed by atoms with Crippen LogP contribution in [0.3, 0.4) is 0 Å². The molecule has 0 atom stereocenters. The van der Waals surface area contributed by atoms with Gasteiger partial charge in [-0.3, -0.25) is 14.5 Å². The highest BCUT2D eigenvalue weighted by atomic mass is 19.4. The van der Waals surface area contributed by atoms with Gasteiger partial charge >= 0.3 is 12.1 Å². The van der Waals surface area contributed by atoms with E-state index in [4.69, 9.17) is 5.11 Å². The third kappa shape index (κ3) is 4.95. The normalized spacial score (nSPS) is 19.7. The topological polar surface area (TPSA) is 64.1 Å². The summed E-state index contributed by atoms with van der Waals surface area (Å²) >= 11 is 0. The molecule has 0 bridgehead atoms. The average molecular weight is 399 g/mol. The fourth-order valence-corrected chi connectivity index (χ4v) is 3.72. The van der Waals surface area contributed by atoms with Crippen molar-refractivity contribution < 1.29 is 27.9 Å². The van der Waals surface area contributed by atoms with Crippen molar-refractivity contribution in [1.29, 1.82) is 0 Å². The standard InChI is InChI=1S/C19H24F3N3O3/c20-19(21,22)15-2-1-3-16(12-15)24-8-10-25(11-9-24)17(26)13-23-6-4-14(5-7-23)18(27)28/h1-3,12,14H,4-11,13H2,(H,27,28). The van der Waals surface area contributed by atoms with Crippen molar-refractivity contribution in [2.24, 2.45) is 5.92 Å². The number of amides is 1. The van der Waals surface area contributed by atoms with Crippen molar-refractivity contribution in [3.63, 3.8) is 0 Å². The van der Waals surface area contributed by atoms with Crippen LogP contribution in [0.25, 0.3) is 0 Å². The first kappa shape index (κ1) is 20.4. The number of aliphatic carboxylic acids is 1. The van der Waals surface area contributed by atoms with Crippen LogP contribution in [0, 0.1) is 5.92 Å². The fourth-order valence-electron chi connectivity index (χ4n) is 3.72.